The zero-order valence-electron chi connectivity index (χ0n) is 16.8. The number of rotatable bonds is 6. The molecule has 0 saturated carbocycles. The van der Waals surface area contributed by atoms with Crippen LogP contribution >= 0.6 is 46.1 Å². The van der Waals surface area contributed by atoms with Crippen molar-refractivity contribution in [2.24, 2.45) is 0 Å². The average molecular weight is 515 g/mol. The Morgan fingerprint density at radius 2 is 1.94 bits per heavy atom. The van der Waals surface area contributed by atoms with Gasteiger partial charge in [-0.25, -0.2) is 4.98 Å². The van der Waals surface area contributed by atoms with Crippen LogP contribution in [0.4, 0.5) is 5.13 Å². The van der Waals surface area contributed by atoms with Gasteiger partial charge in [-0.05, 0) is 42.0 Å². The van der Waals surface area contributed by atoms with Gasteiger partial charge >= 0.3 is 0 Å². The van der Waals surface area contributed by atoms with Gasteiger partial charge in [-0.3, -0.25) is 10.1 Å². The Morgan fingerprint density at radius 3 is 2.70 bits per heavy atom. The van der Waals surface area contributed by atoms with Crippen molar-refractivity contribution in [3.63, 3.8) is 0 Å². The van der Waals surface area contributed by atoms with Gasteiger partial charge in [0.05, 0.1) is 5.02 Å². The van der Waals surface area contributed by atoms with Gasteiger partial charge in [-0.1, -0.05) is 53.0 Å². The van der Waals surface area contributed by atoms with Gasteiger partial charge in [0, 0.05) is 39.2 Å². The van der Waals surface area contributed by atoms with Crippen molar-refractivity contribution >= 4 is 63.3 Å². The molecule has 0 radical (unpaired) electrons. The number of carbonyl (C=O) groups excluding carboxylic acids is 1. The van der Waals surface area contributed by atoms with Crippen molar-refractivity contribution in [1.29, 1.82) is 5.26 Å². The van der Waals surface area contributed by atoms with E-state index in [-0.39, 0.29) is 5.57 Å². The third kappa shape index (κ3) is 5.65. The summed E-state index contributed by atoms with van der Waals surface area (Å²) in [6, 6.07) is 17.8. The van der Waals surface area contributed by atoms with E-state index >= 15 is 0 Å². The van der Waals surface area contributed by atoms with Crippen LogP contribution in [-0.4, -0.2) is 10.9 Å². The molecule has 33 heavy (non-hydrogen) atoms. The number of thiazole rings is 1. The number of carbonyl (C=O) groups is 1. The number of nitriles is 1. The van der Waals surface area contributed by atoms with Crippen LogP contribution in [0.1, 0.15) is 16.2 Å². The molecule has 0 unspecified atom stereocenters. The fraction of sp³-hybridized carbons (Fsp3) is 0.0417. The van der Waals surface area contributed by atoms with Gasteiger partial charge in [0.1, 0.15) is 23.2 Å². The first kappa shape index (κ1) is 23.1. The Balaban J connectivity index is 1.47. The molecule has 4 rings (SSSR count). The molecule has 0 aliphatic carbocycles. The second-order valence-electron chi connectivity index (χ2n) is 6.85. The largest absolute Gasteiger partial charge is 0.457 e. The molecular weight excluding hydrogens is 501 g/mol. The second-order valence-corrected chi connectivity index (χ2v) is 9.22. The number of aromatic nitrogens is 1. The van der Waals surface area contributed by atoms with Crippen LogP contribution in [0.2, 0.25) is 15.1 Å². The maximum atomic E-state index is 12.6. The molecule has 1 N–H and O–H groups in total. The molecule has 2 heterocycles. The lowest BCUT2D eigenvalue weighted by molar-refractivity contribution is -0.112. The van der Waals surface area contributed by atoms with Gasteiger partial charge in [-0.15, -0.1) is 11.3 Å². The Hall–Kier alpha value is -3.08. The van der Waals surface area contributed by atoms with Crippen LogP contribution in [0.25, 0.3) is 17.4 Å². The maximum absolute atomic E-state index is 12.6. The summed E-state index contributed by atoms with van der Waals surface area (Å²) in [5.74, 6) is 0.240. The lowest BCUT2D eigenvalue weighted by atomic mass is 10.1. The lowest BCUT2D eigenvalue weighted by Crippen LogP contribution is -2.13. The number of anilines is 1. The molecule has 0 saturated heterocycles. The number of furan rings is 1. The normalized spacial score (nSPS) is 11.3. The van der Waals surface area contributed by atoms with E-state index in [9.17, 15) is 10.1 Å². The number of amides is 1. The topological polar surface area (TPSA) is 78.9 Å². The molecule has 5 nitrogen and oxygen atoms in total. The Labute approximate surface area is 208 Å². The third-order valence-electron chi connectivity index (χ3n) is 4.57. The summed E-state index contributed by atoms with van der Waals surface area (Å²) in [5.41, 5.74) is 1.49. The quantitative estimate of drug-likeness (QED) is 0.213. The van der Waals surface area contributed by atoms with Crippen LogP contribution in [-0.2, 0) is 11.2 Å². The van der Waals surface area contributed by atoms with E-state index in [1.54, 1.807) is 36.5 Å². The monoisotopic (exact) mass is 513 g/mol. The third-order valence-corrected chi connectivity index (χ3v) is 6.40. The maximum Gasteiger partial charge on any atom is 0.268 e. The van der Waals surface area contributed by atoms with E-state index in [2.05, 4.69) is 10.3 Å². The molecule has 0 fully saturated rings. The number of halogens is 3. The van der Waals surface area contributed by atoms with Gasteiger partial charge in [-0.2, -0.15) is 5.26 Å². The van der Waals surface area contributed by atoms with Crippen LogP contribution in [0, 0.1) is 11.3 Å². The number of nitrogens with one attached hydrogen (secondary N) is 1. The highest BCUT2D eigenvalue weighted by Gasteiger charge is 2.15. The molecule has 0 bridgehead atoms. The summed E-state index contributed by atoms with van der Waals surface area (Å²) in [6.07, 6.45) is 3.63. The molecule has 2 aromatic heterocycles. The average Bonchev–Trinajstić information content (AvgIpc) is 3.43. The number of benzene rings is 2. The van der Waals surface area contributed by atoms with Gasteiger partial charge in [0.25, 0.3) is 5.91 Å². The lowest BCUT2D eigenvalue weighted by Gasteiger charge is -2.02. The molecule has 0 aliphatic rings. The molecular formula is C24H14Cl3N3O2S. The van der Waals surface area contributed by atoms with Gasteiger partial charge < -0.3 is 4.42 Å². The second kappa shape index (κ2) is 10.2. The minimum atomic E-state index is -0.585. The van der Waals surface area contributed by atoms with Crippen molar-refractivity contribution in [1.82, 2.24) is 4.98 Å². The first-order chi connectivity index (χ1) is 15.9. The minimum Gasteiger partial charge on any atom is -0.457 e. The van der Waals surface area contributed by atoms with Crippen molar-refractivity contribution < 1.29 is 9.21 Å². The van der Waals surface area contributed by atoms with Crippen LogP contribution in [0.3, 0.4) is 0 Å². The first-order valence-electron chi connectivity index (χ1n) is 9.59. The molecule has 1 amide bonds. The SMILES string of the molecule is N#C/C(=C/c1ccc(-c2ccc(Cl)cc2Cl)o1)C(=O)Nc1ncc(Cc2ccccc2Cl)s1. The molecule has 164 valence electrons. The summed E-state index contributed by atoms with van der Waals surface area (Å²) in [6.45, 7) is 0. The summed E-state index contributed by atoms with van der Waals surface area (Å²) >= 11 is 19.7. The van der Waals surface area contributed by atoms with Crippen LogP contribution < -0.4 is 5.32 Å². The van der Waals surface area contributed by atoms with Gasteiger partial charge in [0.15, 0.2) is 5.13 Å². The van der Waals surface area contributed by atoms with Crippen molar-refractivity contribution in [3.05, 3.63) is 97.6 Å². The number of nitrogens with zero attached hydrogens (tertiary/aromatic N) is 2. The van der Waals surface area contributed by atoms with E-state index in [0.717, 1.165) is 10.4 Å². The summed E-state index contributed by atoms with van der Waals surface area (Å²) < 4.78 is 5.74. The molecule has 0 aliphatic heterocycles. The summed E-state index contributed by atoms with van der Waals surface area (Å²) in [7, 11) is 0. The Kier molecular flexibility index (Phi) is 7.17. The standard InChI is InChI=1S/C24H14Cl3N3O2S/c25-16-5-7-19(21(27)11-16)22-8-6-17(32-22)9-15(12-28)23(31)30-24-29-13-18(33-24)10-14-3-1-2-4-20(14)26/h1-9,11,13H,10H2,(H,29,30,31)/b15-9-. The van der Waals surface area contributed by atoms with E-state index in [1.165, 1.54) is 17.4 Å². The minimum absolute atomic E-state index is 0.124. The molecule has 0 spiro atoms. The summed E-state index contributed by atoms with van der Waals surface area (Å²) in [5, 5.41) is 14.1. The van der Waals surface area contributed by atoms with Crippen molar-refractivity contribution in [2.45, 2.75) is 6.42 Å². The Bertz CT molecular complexity index is 1400. The van der Waals surface area contributed by atoms with E-state index in [0.29, 0.717) is 43.7 Å². The Morgan fingerprint density at radius 1 is 1.12 bits per heavy atom. The highest BCUT2D eigenvalue weighted by molar-refractivity contribution is 7.15. The van der Waals surface area contributed by atoms with E-state index < -0.39 is 5.91 Å². The first-order valence-corrected chi connectivity index (χ1v) is 11.5. The van der Waals surface area contributed by atoms with Crippen LogP contribution in [0.5, 0.6) is 0 Å². The highest BCUT2D eigenvalue weighted by Crippen LogP contribution is 2.32. The van der Waals surface area contributed by atoms with Crippen LogP contribution in [0.15, 0.2) is 70.8 Å². The number of hydrogen-bond donors (Lipinski definition) is 1. The predicted octanol–water partition coefficient (Wildman–Crippen LogP) is 7.50. The smallest absolute Gasteiger partial charge is 0.268 e. The summed E-state index contributed by atoms with van der Waals surface area (Å²) in [4.78, 5) is 17.8. The zero-order valence-corrected chi connectivity index (χ0v) is 19.9. The number of hydrogen-bond acceptors (Lipinski definition) is 5. The van der Waals surface area contributed by atoms with Crippen molar-refractivity contribution in [2.75, 3.05) is 5.32 Å². The van der Waals surface area contributed by atoms with Crippen molar-refractivity contribution in [3.8, 4) is 17.4 Å². The predicted molar refractivity (Wildman–Crippen MR) is 133 cm³/mol. The molecule has 2 aromatic carbocycles. The zero-order chi connectivity index (χ0) is 23.4. The van der Waals surface area contributed by atoms with Gasteiger partial charge in [0.2, 0.25) is 0 Å². The molecule has 9 heteroatoms. The fourth-order valence-corrected chi connectivity index (χ4v) is 4.53. The molecule has 0 atom stereocenters. The van der Waals surface area contributed by atoms with E-state index in [1.807, 2.05) is 30.3 Å². The van der Waals surface area contributed by atoms with E-state index in [4.69, 9.17) is 39.2 Å². The molecule has 4 aromatic rings. The highest BCUT2D eigenvalue weighted by atomic mass is 35.5. The fourth-order valence-electron chi connectivity index (χ4n) is 3.00.